The van der Waals surface area contributed by atoms with Gasteiger partial charge >= 0.3 is 0 Å². The number of rotatable bonds is 2. The Morgan fingerprint density at radius 2 is 2.06 bits per heavy atom. The summed E-state index contributed by atoms with van der Waals surface area (Å²) >= 11 is 0. The SMILES string of the molecule is Cc1occc1C(O)C1CCC(C)C(C)C1. The van der Waals surface area contributed by atoms with Crippen molar-refractivity contribution in [2.75, 3.05) is 0 Å². The average Bonchev–Trinajstić information content (AvgIpc) is 2.67. The second kappa shape index (κ2) is 4.62. The molecular weight excluding hydrogens is 200 g/mol. The summed E-state index contributed by atoms with van der Waals surface area (Å²) in [6, 6.07) is 1.91. The summed E-state index contributed by atoms with van der Waals surface area (Å²) in [7, 11) is 0. The van der Waals surface area contributed by atoms with Crippen LogP contribution in [-0.4, -0.2) is 5.11 Å². The lowest BCUT2D eigenvalue weighted by Crippen LogP contribution is -2.25. The Kier molecular flexibility index (Phi) is 3.38. The van der Waals surface area contributed by atoms with E-state index in [4.69, 9.17) is 4.42 Å². The first-order valence-corrected chi connectivity index (χ1v) is 6.31. The molecule has 0 bridgehead atoms. The molecule has 90 valence electrons. The van der Waals surface area contributed by atoms with Gasteiger partial charge in [0.25, 0.3) is 0 Å². The molecule has 0 spiro atoms. The van der Waals surface area contributed by atoms with Gasteiger partial charge in [-0.3, -0.25) is 0 Å². The molecule has 4 unspecified atom stereocenters. The first-order valence-electron chi connectivity index (χ1n) is 6.31. The van der Waals surface area contributed by atoms with E-state index in [1.807, 2.05) is 13.0 Å². The van der Waals surface area contributed by atoms with Crippen molar-refractivity contribution in [3.05, 3.63) is 23.7 Å². The third kappa shape index (κ3) is 2.17. The quantitative estimate of drug-likeness (QED) is 0.827. The zero-order chi connectivity index (χ0) is 11.7. The predicted octanol–water partition coefficient (Wildman–Crippen LogP) is 3.69. The minimum absolute atomic E-state index is 0.339. The lowest BCUT2D eigenvalue weighted by atomic mass is 9.73. The Bertz CT molecular complexity index is 342. The van der Waals surface area contributed by atoms with E-state index in [1.165, 1.54) is 6.42 Å². The van der Waals surface area contributed by atoms with Crippen LogP contribution in [0.1, 0.15) is 50.5 Å². The Morgan fingerprint density at radius 3 is 2.62 bits per heavy atom. The molecule has 2 nitrogen and oxygen atoms in total. The maximum absolute atomic E-state index is 10.4. The minimum Gasteiger partial charge on any atom is -0.469 e. The molecule has 1 aromatic rings. The number of aryl methyl sites for hydroxylation is 1. The summed E-state index contributed by atoms with van der Waals surface area (Å²) in [6.07, 6.45) is 4.83. The van der Waals surface area contributed by atoms with Crippen LogP contribution < -0.4 is 0 Å². The van der Waals surface area contributed by atoms with E-state index in [1.54, 1.807) is 6.26 Å². The standard InChI is InChI=1S/C14H22O2/c1-9-4-5-12(8-10(9)2)14(15)13-6-7-16-11(13)3/h6-7,9-10,12,14-15H,4-5,8H2,1-3H3. The molecule has 2 heteroatoms. The Balaban J connectivity index is 2.06. The Labute approximate surface area is 97.7 Å². The molecular formula is C14H22O2. The minimum atomic E-state index is -0.339. The van der Waals surface area contributed by atoms with Crippen molar-refractivity contribution in [2.24, 2.45) is 17.8 Å². The molecule has 0 amide bonds. The van der Waals surface area contributed by atoms with E-state index in [-0.39, 0.29) is 6.10 Å². The fraction of sp³-hybridized carbons (Fsp3) is 0.714. The molecule has 4 atom stereocenters. The number of hydrogen-bond acceptors (Lipinski definition) is 2. The number of aliphatic hydroxyl groups excluding tert-OH is 1. The molecule has 2 rings (SSSR count). The summed E-state index contributed by atoms with van der Waals surface area (Å²) in [4.78, 5) is 0. The maximum Gasteiger partial charge on any atom is 0.106 e. The van der Waals surface area contributed by atoms with Crippen LogP contribution in [0.25, 0.3) is 0 Å². The highest BCUT2D eigenvalue weighted by atomic mass is 16.3. The van der Waals surface area contributed by atoms with Gasteiger partial charge in [0.2, 0.25) is 0 Å². The van der Waals surface area contributed by atoms with Gasteiger partial charge < -0.3 is 9.52 Å². The van der Waals surface area contributed by atoms with Gasteiger partial charge in [-0.1, -0.05) is 20.3 Å². The monoisotopic (exact) mass is 222 g/mol. The fourth-order valence-corrected chi connectivity index (χ4v) is 2.83. The Morgan fingerprint density at radius 1 is 1.31 bits per heavy atom. The molecule has 1 aromatic heterocycles. The molecule has 1 aliphatic carbocycles. The molecule has 1 fully saturated rings. The average molecular weight is 222 g/mol. The summed E-state index contributed by atoms with van der Waals surface area (Å²) < 4.78 is 5.26. The van der Waals surface area contributed by atoms with Crippen molar-refractivity contribution in [2.45, 2.75) is 46.1 Å². The van der Waals surface area contributed by atoms with Crippen LogP contribution in [0.2, 0.25) is 0 Å². The molecule has 1 heterocycles. The van der Waals surface area contributed by atoms with Gasteiger partial charge in [-0.05, 0) is 43.6 Å². The van der Waals surface area contributed by atoms with E-state index in [0.717, 1.165) is 36.0 Å². The molecule has 1 saturated carbocycles. The highest BCUT2D eigenvalue weighted by Gasteiger charge is 2.31. The van der Waals surface area contributed by atoms with E-state index in [2.05, 4.69) is 13.8 Å². The van der Waals surface area contributed by atoms with Gasteiger partial charge in [0, 0.05) is 5.56 Å². The highest BCUT2D eigenvalue weighted by Crippen LogP contribution is 2.40. The fourth-order valence-electron chi connectivity index (χ4n) is 2.83. The van der Waals surface area contributed by atoms with Crippen molar-refractivity contribution in [3.8, 4) is 0 Å². The lowest BCUT2D eigenvalue weighted by Gasteiger charge is -2.34. The van der Waals surface area contributed by atoms with Crippen molar-refractivity contribution in [1.82, 2.24) is 0 Å². The van der Waals surface area contributed by atoms with Crippen LogP contribution in [0.4, 0.5) is 0 Å². The van der Waals surface area contributed by atoms with Crippen molar-refractivity contribution < 1.29 is 9.52 Å². The Hall–Kier alpha value is -0.760. The van der Waals surface area contributed by atoms with Gasteiger partial charge in [0.15, 0.2) is 0 Å². The smallest absolute Gasteiger partial charge is 0.106 e. The molecule has 16 heavy (non-hydrogen) atoms. The first kappa shape index (κ1) is 11.7. The topological polar surface area (TPSA) is 33.4 Å². The normalized spacial score (nSPS) is 32.6. The lowest BCUT2D eigenvalue weighted by molar-refractivity contribution is 0.0551. The van der Waals surface area contributed by atoms with E-state index in [0.29, 0.717) is 5.92 Å². The summed E-state index contributed by atoms with van der Waals surface area (Å²) in [6.45, 7) is 6.54. The summed E-state index contributed by atoms with van der Waals surface area (Å²) in [5.74, 6) is 2.79. The van der Waals surface area contributed by atoms with Crippen molar-refractivity contribution in [1.29, 1.82) is 0 Å². The second-order valence-corrected chi connectivity index (χ2v) is 5.40. The third-order valence-corrected chi connectivity index (χ3v) is 4.30. The first-order chi connectivity index (χ1) is 7.59. The van der Waals surface area contributed by atoms with Crippen LogP contribution in [-0.2, 0) is 0 Å². The molecule has 0 aliphatic heterocycles. The maximum atomic E-state index is 10.4. The predicted molar refractivity (Wildman–Crippen MR) is 64.1 cm³/mol. The van der Waals surface area contributed by atoms with Crippen LogP contribution >= 0.6 is 0 Å². The van der Waals surface area contributed by atoms with Crippen molar-refractivity contribution >= 4 is 0 Å². The number of aliphatic hydroxyl groups is 1. The van der Waals surface area contributed by atoms with E-state index >= 15 is 0 Å². The molecule has 0 saturated heterocycles. The molecule has 1 N–H and O–H groups in total. The van der Waals surface area contributed by atoms with Crippen LogP contribution in [0.3, 0.4) is 0 Å². The van der Waals surface area contributed by atoms with Crippen LogP contribution in [0.5, 0.6) is 0 Å². The molecule has 0 aromatic carbocycles. The number of furan rings is 1. The summed E-state index contributed by atoms with van der Waals surface area (Å²) in [5, 5.41) is 10.4. The van der Waals surface area contributed by atoms with Crippen molar-refractivity contribution in [3.63, 3.8) is 0 Å². The van der Waals surface area contributed by atoms with Gasteiger partial charge in [0.1, 0.15) is 5.76 Å². The van der Waals surface area contributed by atoms with Crippen LogP contribution in [0.15, 0.2) is 16.7 Å². The zero-order valence-corrected chi connectivity index (χ0v) is 10.4. The number of hydrogen-bond donors (Lipinski definition) is 1. The second-order valence-electron chi connectivity index (χ2n) is 5.40. The largest absolute Gasteiger partial charge is 0.469 e. The van der Waals surface area contributed by atoms with Gasteiger partial charge in [-0.2, -0.15) is 0 Å². The third-order valence-electron chi connectivity index (χ3n) is 4.30. The van der Waals surface area contributed by atoms with E-state index in [9.17, 15) is 5.11 Å². The zero-order valence-electron chi connectivity index (χ0n) is 10.4. The van der Waals surface area contributed by atoms with Gasteiger partial charge in [0.05, 0.1) is 12.4 Å². The highest BCUT2D eigenvalue weighted by molar-refractivity contribution is 5.19. The molecule has 0 radical (unpaired) electrons. The van der Waals surface area contributed by atoms with Crippen LogP contribution in [0, 0.1) is 24.7 Å². The molecule has 1 aliphatic rings. The van der Waals surface area contributed by atoms with E-state index < -0.39 is 0 Å². The van der Waals surface area contributed by atoms with Gasteiger partial charge in [-0.25, -0.2) is 0 Å². The van der Waals surface area contributed by atoms with Gasteiger partial charge in [-0.15, -0.1) is 0 Å². The summed E-state index contributed by atoms with van der Waals surface area (Å²) in [5.41, 5.74) is 0.978.